The Morgan fingerprint density at radius 2 is 1.57 bits per heavy atom. The standard InChI is InChI=1S/C13H26O6P2/c1-7-17-21(16,18-8-2)10-12(9-20(5,6)15)19-13(14)11(3)4/h12H,3,7-10H2,1-2,4-6H3. The molecule has 0 spiro atoms. The molecule has 1 unspecified atom stereocenters. The molecule has 0 aliphatic rings. The van der Waals surface area contributed by atoms with Crippen molar-refractivity contribution in [2.45, 2.75) is 26.9 Å². The van der Waals surface area contributed by atoms with Crippen molar-refractivity contribution in [3.63, 3.8) is 0 Å². The van der Waals surface area contributed by atoms with Gasteiger partial charge >= 0.3 is 13.6 Å². The van der Waals surface area contributed by atoms with Crippen molar-refractivity contribution < 1.29 is 27.7 Å². The third-order valence-corrected chi connectivity index (χ3v) is 5.79. The highest BCUT2D eigenvalue weighted by molar-refractivity contribution is 7.62. The van der Waals surface area contributed by atoms with Gasteiger partial charge in [-0.05, 0) is 34.1 Å². The smallest absolute Gasteiger partial charge is 0.334 e. The summed E-state index contributed by atoms with van der Waals surface area (Å²) in [5, 5.41) is 0. The summed E-state index contributed by atoms with van der Waals surface area (Å²) in [6.07, 6.45) is -0.783. The molecule has 0 heterocycles. The van der Waals surface area contributed by atoms with Gasteiger partial charge in [-0.3, -0.25) is 4.57 Å². The van der Waals surface area contributed by atoms with Crippen LogP contribution in [0.4, 0.5) is 0 Å². The molecule has 0 N–H and O–H groups in total. The van der Waals surface area contributed by atoms with E-state index in [-0.39, 0.29) is 31.1 Å². The van der Waals surface area contributed by atoms with Gasteiger partial charge in [-0.25, -0.2) is 4.79 Å². The topological polar surface area (TPSA) is 78.9 Å². The average Bonchev–Trinajstić information content (AvgIpc) is 2.26. The van der Waals surface area contributed by atoms with Crippen LogP contribution in [-0.4, -0.2) is 50.9 Å². The molecular weight excluding hydrogens is 314 g/mol. The van der Waals surface area contributed by atoms with Crippen LogP contribution in [0.5, 0.6) is 0 Å². The Morgan fingerprint density at radius 1 is 1.10 bits per heavy atom. The lowest BCUT2D eigenvalue weighted by Gasteiger charge is -2.24. The highest BCUT2D eigenvalue weighted by atomic mass is 31.2. The van der Waals surface area contributed by atoms with Crippen molar-refractivity contribution in [2.75, 3.05) is 38.9 Å². The molecule has 0 fully saturated rings. The zero-order chi connectivity index (χ0) is 16.7. The monoisotopic (exact) mass is 340 g/mol. The lowest BCUT2D eigenvalue weighted by atomic mass is 10.3. The molecule has 0 aliphatic carbocycles. The van der Waals surface area contributed by atoms with Crippen molar-refractivity contribution in [1.29, 1.82) is 0 Å². The van der Waals surface area contributed by atoms with E-state index < -0.39 is 26.8 Å². The summed E-state index contributed by atoms with van der Waals surface area (Å²) in [6.45, 7) is 12.0. The molecule has 0 bridgehead atoms. The third kappa shape index (κ3) is 9.26. The van der Waals surface area contributed by atoms with Crippen molar-refractivity contribution in [1.82, 2.24) is 0 Å². The van der Waals surface area contributed by atoms with E-state index in [1.54, 1.807) is 27.2 Å². The second kappa shape index (κ2) is 8.89. The Bertz CT molecular complexity index is 444. The van der Waals surface area contributed by atoms with Crippen LogP contribution in [0.15, 0.2) is 12.2 Å². The zero-order valence-electron chi connectivity index (χ0n) is 13.5. The Hall–Kier alpha value is -0.410. The van der Waals surface area contributed by atoms with Crippen LogP contribution >= 0.6 is 14.7 Å². The number of carbonyl (C=O) groups is 1. The van der Waals surface area contributed by atoms with Gasteiger partial charge in [-0.1, -0.05) is 6.58 Å². The summed E-state index contributed by atoms with van der Waals surface area (Å²) in [4.78, 5) is 11.7. The molecule has 21 heavy (non-hydrogen) atoms. The Balaban J connectivity index is 5.10. The van der Waals surface area contributed by atoms with Crippen LogP contribution < -0.4 is 0 Å². The van der Waals surface area contributed by atoms with Gasteiger partial charge in [-0.15, -0.1) is 0 Å². The van der Waals surface area contributed by atoms with Gasteiger partial charge in [-0.2, -0.15) is 0 Å². The molecule has 0 saturated heterocycles. The molecule has 0 radical (unpaired) electrons. The lowest BCUT2D eigenvalue weighted by Crippen LogP contribution is -2.27. The van der Waals surface area contributed by atoms with E-state index in [0.717, 1.165) is 0 Å². The molecule has 8 heteroatoms. The van der Waals surface area contributed by atoms with Crippen LogP contribution in [0.3, 0.4) is 0 Å². The van der Waals surface area contributed by atoms with E-state index in [9.17, 15) is 13.9 Å². The van der Waals surface area contributed by atoms with E-state index in [4.69, 9.17) is 13.8 Å². The first-order valence-corrected chi connectivity index (χ1v) is 11.3. The predicted molar refractivity (Wildman–Crippen MR) is 84.7 cm³/mol. The van der Waals surface area contributed by atoms with Crippen LogP contribution in [0, 0.1) is 0 Å². The maximum Gasteiger partial charge on any atom is 0.334 e. The SMILES string of the molecule is C=C(C)C(=O)OC(CP(C)(C)=O)CP(=O)(OCC)OCC. The summed E-state index contributed by atoms with van der Waals surface area (Å²) in [6, 6.07) is 0. The summed E-state index contributed by atoms with van der Waals surface area (Å²) >= 11 is 0. The van der Waals surface area contributed by atoms with Crippen LogP contribution in [0.25, 0.3) is 0 Å². The first-order chi connectivity index (χ1) is 9.53. The molecule has 0 aromatic carbocycles. The van der Waals surface area contributed by atoms with E-state index in [1.165, 1.54) is 6.92 Å². The molecule has 0 aromatic heterocycles. The molecule has 6 nitrogen and oxygen atoms in total. The number of carbonyl (C=O) groups excluding carboxylic acids is 1. The fraction of sp³-hybridized carbons (Fsp3) is 0.769. The van der Waals surface area contributed by atoms with Gasteiger partial charge in [0.2, 0.25) is 0 Å². The highest BCUT2D eigenvalue weighted by Gasteiger charge is 2.33. The lowest BCUT2D eigenvalue weighted by molar-refractivity contribution is -0.142. The number of ether oxygens (including phenoxy) is 1. The molecule has 1 atom stereocenters. The second-order valence-corrected chi connectivity index (χ2v) is 10.8. The minimum atomic E-state index is -3.38. The summed E-state index contributed by atoms with van der Waals surface area (Å²) in [7, 11) is -5.85. The molecule has 0 amide bonds. The molecule has 0 aliphatic heterocycles. The van der Waals surface area contributed by atoms with E-state index in [1.807, 2.05) is 0 Å². The second-order valence-electron chi connectivity index (χ2n) is 5.19. The van der Waals surface area contributed by atoms with Crippen LogP contribution in [0.2, 0.25) is 0 Å². The van der Waals surface area contributed by atoms with E-state index >= 15 is 0 Å². The van der Waals surface area contributed by atoms with Crippen LogP contribution in [-0.2, 0) is 27.7 Å². The largest absolute Gasteiger partial charge is 0.458 e. The van der Waals surface area contributed by atoms with Crippen molar-refractivity contribution in [3.8, 4) is 0 Å². The van der Waals surface area contributed by atoms with Gasteiger partial charge in [0.25, 0.3) is 0 Å². The minimum Gasteiger partial charge on any atom is -0.458 e. The van der Waals surface area contributed by atoms with Crippen molar-refractivity contribution in [3.05, 3.63) is 12.2 Å². The Morgan fingerprint density at radius 3 is 1.90 bits per heavy atom. The van der Waals surface area contributed by atoms with E-state index in [0.29, 0.717) is 0 Å². The summed E-state index contributed by atoms with van der Waals surface area (Å²) in [5.41, 5.74) is 0.227. The maximum atomic E-state index is 12.5. The van der Waals surface area contributed by atoms with Gasteiger partial charge < -0.3 is 18.3 Å². The minimum absolute atomic E-state index is 0.112. The van der Waals surface area contributed by atoms with E-state index in [2.05, 4.69) is 6.58 Å². The quantitative estimate of drug-likeness (QED) is 0.345. The normalized spacial score (nSPS) is 13.8. The zero-order valence-corrected chi connectivity index (χ0v) is 15.2. The molecule has 124 valence electrons. The number of rotatable bonds is 10. The van der Waals surface area contributed by atoms with Gasteiger partial charge in [0.1, 0.15) is 6.10 Å². The fourth-order valence-corrected chi connectivity index (χ4v) is 4.82. The molecule has 0 saturated carbocycles. The van der Waals surface area contributed by atoms with Gasteiger partial charge in [0.15, 0.2) is 0 Å². The third-order valence-electron chi connectivity index (χ3n) is 2.34. The molecule has 0 rings (SSSR count). The first-order valence-electron chi connectivity index (χ1n) is 6.81. The molecule has 0 aromatic rings. The number of hydrogen-bond donors (Lipinski definition) is 0. The number of hydrogen-bond acceptors (Lipinski definition) is 6. The highest BCUT2D eigenvalue weighted by Crippen LogP contribution is 2.50. The van der Waals surface area contributed by atoms with Crippen LogP contribution in [0.1, 0.15) is 20.8 Å². The first kappa shape index (κ1) is 20.6. The number of esters is 1. The maximum absolute atomic E-state index is 12.5. The van der Waals surface area contributed by atoms with Gasteiger partial charge in [0.05, 0.1) is 26.5 Å². The van der Waals surface area contributed by atoms with Gasteiger partial charge in [0, 0.05) is 11.7 Å². The van der Waals surface area contributed by atoms with Crippen molar-refractivity contribution in [2.24, 2.45) is 0 Å². The average molecular weight is 340 g/mol. The Labute approximate surface area is 127 Å². The predicted octanol–water partition coefficient (Wildman–Crippen LogP) is 3.36. The summed E-state index contributed by atoms with van der Waals surface area (Å²) in [5.74, 6) is -0.604. The fourth-order valence-electron chi connectivity index (χ4n) is 1.66. The Kier molecular flexibility index (Phi) is 8.72. The summed E-state index contributed by atoms with van der Waals surface area (Å²) < 4.78 is 40.1. The van der Waals surface area contributed by atoms with Crippen molar-refractivity contribution >= 4 is 20.7 Å². The molecular formula is C13H26O6P2.